The third-order valence-corrected chi connectivity index (χ3v) is 4.47. The highest BCUT2D eigenvalue weighted by Gasteiger charge is 2.22. The molecule has 0 spiro atoms. The molecule has 6 nitrogen and oxygen atoms in total. The quantitative estimate of drug-likeness (QED) is 0.819. The highest BCUT2D eigenvalue weighted by atomic mass is 35.5. The van der Waals surface area contributed by atoms with Crippen molar-refractivity contribution < 1.29 is 14.3 Å². The highest BCUT2D eigenvalue weighted by Crippen LogP contribution is 2.22. The summed E-state index contributed by atoms with van der Waals surface area (Å²) < 4.78 is 10.9. The van der Waals surface area contributed by atoms with Crippen LogP contribution in [0.4, 0.5) is 5.69 Å². The molecular formula is C17H27Cl2N3O3. The number of nitrogens with one attached hydrogen (secondary N) is 2. The highest BCUT2D eigenvalue weighted by molar-refractivity contribution is 5.94. The Morgan fingerprint density at radius 2 is 1.88 bits per heavy atom. The number of rotatable bonds is 4. The van der Waals surface area contributed by atoms with Crippen molar-refractivity contribution in [3.05, 3.63) is 29.8 Å². The SMILES string of the molecule is CC(c1ccc(NC(=O)C2CNCCO2)cc1)N1CCOCC1.Cl.Cl. The van der Waals surface area contributed by atoms with Crippen molar-refractivity contribution in [1.29, 1.82) is 0 Å². The average Bonchev–Trinajstić information content (AvgIpc) is 2.63. The molecule has 2 aliphatic rings. The van der Waals surface area contributed by atoms with E-state index in [-0.39, 0.29) is 30.7 Å². The Labute approximate surface area is 161 Å². The molecule has 0 aliphatic carbocycles. The minimum absolute atomic E-state index is 0. The van der Waals surface area contributed by atoms with Crippen LogP contribution in [0.25, 0.3) is 0 Å². The van der Waals surface area contributed by atoms with Crippen molar-refractivity contribution in [1.82, 2.24) is 10.2 Å². The summed E-state index contributed by atoms with van der Waals surface area (Å²) in [5.41, 5.74) is 2.06. The van der Waals surface area contributed by atoms with Crippen molar-refractivity contribution >= 4 is 36.4 Å². The second-order valence-electron chi connectivity index (χ2n) is 6.00. The minimum Gasteiger partial charge on any atom is -0.379 e. The Hall–Kier alpha value is -0.890. The van der Waals surface area contributed by atoms with Gasteiger partial charge >= 0.3 is 0 Å². The van der Waals surface area contributed by atoms with Gasteiger partial charge in [-0.2, -0.15) is 0 Å². The van der Waals surface area contributed by atoms with Crippen LogP contribution >= 0.6 is 24.8 Å². The van der Waals surface area contributed by atoms with E-state index in [9.17, 15) is 4.79 Å². The molecule has 2 atom stereocenters. The zero-order valence-electron chi connectivity index (χ0n) is 14.4. The molecule has 2 saturated heterocycles. The maximum absolute atomic E-state index is 12.1. The van der Waals surface area contributed by atoms with Gasteiger partial charge in [-0.3, -0.25) is 9.69 Å². The van der Waals surface area contributed by atoms with Crippen LogP contribution in [0.1, 0.15) is 18.5 Å². The summed E-state index contributed by atoms with van der Waals surface area (Å²) in [7, 11) is 0. The van der Waals surface area contributed by atoms with Crippen molar-refractivity contribution in [2.75, 3.05) is 51.3 Å². The maximum Gasteiger partial charge on any atom is 0.254 e. The maximum atomic E-state index is 12.1. The first-order chi connectivity index (χ1) is 11.2. The number of nitrogens with zero attached hydrogens (tertiary/aromatic N) is 1. The second kappa shape index (κ2) is 11.0. The Morgan fingerprint density at radius 1 is 1.20 bits per heavy atom. The number of halogens is 2. The summed E-state index contributed by atoms with van der Waals surface area (Å²) >= 11 is 0. The molecule has 142 valence electrons. The lowest BCUT2D eigenvalue weighted by molar-refractivity contribution is -0.128. The number of carbonyl (C=O) groups is 1. The van der Waals surface area contributed by atoms with Gasteiger partial charge in [-0.05, 0) is 24.6 Å². The van der Waals surface area contributed by atoms with E-state index in [1.807, 2.05) is 12.1 Å². The number of hydrogen-bond acceptors (Lipinski definition) is 5. The molecule has 8 heteroatoms. The third-order valence-electron chi connectivity index (χ3n) is 4.47. The lowest BCUT2D eigenvalue weighted by Gasteiger charge is -2.32. The average molecular weight is 392 g/mol. The van der Waals surface area contributed by atoms with Crippen LogP contribution < -0.4 is 10.6 Å². The van der Waals surface area contributed by atoms with E-state index in [4.69, 9.17) is 9.47 Å². The molecule has 1 amide bonds. The van der Waals surface area contributed by atoms with Gasteiger partial charge in [0.05, 0.1) is 19.8 Å². The predicted octanol–water partition coefficient (Wildman–Crippen LogP) is 1.85. The van der Waals surface area contributed by atoms with E-state index in [1.54, 1.807) is 0 Å². The number of anilines is 1. The molecule has 2 fully saturated rings. The van der Waals surface area contributed by atoms with Gasteiger partial charge in [0.1, 0.15) is 6.10 Å². The molecule has 1 aromatic rings. The summed E-state index contributed by atoms with van der Waals surface area (Å²) in [5, 5.41) is 6.08. The van der Waals surface area contributed by atoms with Crippen LogP contribution in [0.5, 0.6) is 0 Å². The van der Waals surface area contributed by atoms with E-state index in [1.165, 1.54) is 5.56 Å². The van der Waals surface area contributed by atoms with Gasteiger partial charge in [-0.1, -0.05) is 12.1 Å². The molecule has 3 rings (SSSR count). The molecule has 0 radical (unpaired) electrons. The van der Waals surface area contributed by atoms with E-state index in [0.717, 1.165) is 38.5 Å². The smallest absolute Gasteiger partial charge is 0.254 e. The van der Waals surface area contributed by atoms with E-state index in [0.29, 0.717) is 19.2 Å². The van der Waals surface area contributed by atoms with Crippen LogP contribution in [0.2, 0.25) is 0 Å². The number of amides is 1. The normalized spacial score (nSPS) is 22.2. The molecule has 0 saturated carbocycles. The summed E-state index contributed by atoms with van der Waals surface area (Å²) in [5.74, 6) is -0.0915. The number of ether oxygens (including phenoxy) is 2. The van der Waals surface area contributed by atoms with Crippen LogP contribution in [-0.4, -0.2) is 62.9 Å². The molecule has 2 N–H and O–H groups in total. The van der Waals surface area contributed by atoms with Crippen molar-refractivity contribution in [2.45, 2.75) is 19.1 Å². The van der Waals surface area contributed by atoms with Crippen molar-refractivity contribution in [3.8, 4) is 0 Å². The topological polar surface area (TPSA) is 62.8 Å². The van der Waals surface area contributed by atoms with Gasteiger partial charge in [0, 0.05) is 37.9 Å². The van der Waals surface area contributed by atoms with Gasteiger partial charge in [-0.15, -0.1) is 24.8 Å². The van der Waals surface area contributed by atoms with Crippen molar-refractivity contribution in [2.24, 2.45) is 0 Å². The third kappa shape index (κ3) is 6.09. The zero-order valence-corrected chi connectivity index (χ0v) is 16.0. The van der Waals surface area contributed by atoms with Crippen LogP contribution in [0.3, 0.4) is 0 Å². The van der Waals surface area contributed by atoms with Crippen LogP contribution in [0.15, 0.2) is 24.3 Å². The van der Waals surface area contributed by atoms with Gasteiger partial charge in [0.2, 0.25) is 0 Å². The van der Waals surface area contributed by atoms with Gasteiger partial charge < -0.3 is 20.1 Å². The van der Waals surface area contributed by atoms with E-state index in [2.05, 4.69) is 34.6 Å². The van der Waals surface area contributed by atoms with Gasteiger partial charge in [0.25, 0.3) is 5.91 Å². The first-order valence-electron chi connectivity index (χ1n) is 8.29. The van der Waals surface area contributed by atoms with Crippen LogP contribution in [0, 0.1) is 0 Å². The van der Waals surface area contributed by atoms with Crippen LogP contribution in [-0.2, 0) is 14.3 Å². The fraction of sp³-hybridized carbons (Fsp3) is 0.588. The summed E-state index contributed by atoms with van der Waals surface area (Å²) in [6.07, 6.45) is -0.407. The van der Waals surface area contributed by atoms with Crippen molar-refractivity contribution in [3.63, 3.8) is 0 Å². The molecule has 2 aliphatic heterocycles. The molecule has 25 heavy (non-hydrogen) atoms. The monoisotopic (exact) mass is 391 g/mol. The van der Waals surface area contributed by atoms with E-state index >= 15 is 0 Å². The number of morpholine rings is 2. The first kappa shape index (κ1) is 22.2. The summed E-state index contributed by atoms with van der Waals surface area (Å²) in [6.45, 7) is 7.68. The number of carbonyl (C=O) groups excluding carboxylic acids is 1. The Bertz CT molecular complexity index is 518. The standard InChI is InChI=1S/C17H25N3O3.2ClH/c1-13(20-7-10-22-11-8-20)14-2-4-15(5-3-14)19-17(21)16-12-18-6-9-23-16;;/h2-5,13,16,18H,6-12H2,1H3,(H,19,21);2*1H. The lowest BCUT2D eigenvalue weighted by atomic mass is 10.1. The number of benzene rings is 1. The Morgan fingerprint density at radius 3 is 2.48 bits per heavy atom. The fourth-order valence-corrected chi connectivity index (χ4v) is 2.98. The first-order valence-corrected chi connectivity index (χ1v) is 8.29. The number of hydrogen-bond donors (Lipinski definition) is 2. The largest absolute Gasteiger partial charge is 0.379 e. The molecule has 2 unspecified atom stereocenters. The van der Waals surface area contributed by atoms with Gasteiger partial charge in [0.15, 0.2) is 0 Å². The molecule has 0 bridgehead atoms. The van der Waals surface area contributed by atoms with E-state index < -0.39 is 6.10 Å². The minimum atomic E-state index is -0.407. The second-order valence-corrected chi connectivity index (χ2v) is 6.00. The lowest BCUT2D eigenvalue weighted by Crippen LogP contribution is -2.45. The summed E-state index contributed by atoms with van der Waals surface area (Å²) in [6, 6.07) is 8.43. The summed E-state index contributed by atoms with van der Waals surface area (Å²) in [4.78, 5) is 14.6. The molecular weight excluding hydrogens is 365 g/mol. The fourth-order valence-electron chi connectivity index (χ4n) is 2.98. The molecule has 0 aromatic heterocycles. The molecule has 2 heterocycles. The Balaban J connectivity index is 0.00000156. The molecule has 1 aromatic carbocycles. The zero-order chi connectivity index (χ0) is 16.1. The van der Waals surface area contributed by atoms with Gasteiger partial charge in [-0.25, -0.2) is 0 Å². The Kier molecular flexibility index (Phi) is 9.71. The predicted molar refractivity (Wildman–Crippen MR) is 103 cm³/mol.